The highest BCUT2D eigenvalue weighted by Crippen LogP contribution is 2.19. The molecule has 500 valence electrons. The smallest absolute Gasteiger partial charge is 0.305 e. The summed E-state index contributed by atoms with van der Waals surface area (Å²) in [5.41, 5.74) is 0. The minimum Gasteiger partial charge on any atom is -0.466 e. The molecule has 2 atom stereocenters. The Bertz CT molecular complexity index is 1420. The minimum atomic E-state index is -0.843. The molecular formula is C79H149NO5. The van der Waals surface area contributed by atoms with Gasteiger partial charge in [-0.3, -0.25) is 9.59 Å². The molecule has 85 heavy (non-hydrogen) atoms. The third kappa shape index (κ3) is 70.8. The normalized spacial score (nSPS) is 12.8. The lowest BCUT2D eigenvalue weighted by atomic mass is 10.0. The number of aliphatic hydroxyl groups excluding tert-OH is 2. The predicted molar refractivity (Wildman–Crippen MR) is 375 cm³/mol. The summed E-state index contributed by atoms with van der Waals surface area (Å²) in [7, 11) is 0. The Labute approximate surface area is 531 Å². The molecule has 0 saturated heterocycles. The number of rotatable bonds is 72. The molecule has 0 aromatic rings. The van der Waals surface area contributed by atoms with Crippen LogP contribution in [0.25, 0.3) is 0 Å². The van der Waals surface area contributed by atoms with Crippen molar-refractivity contribution in [2.45, 2.75) is 431 Å². The second-order valence-corrected chi connectivity index (χ2v) is 26.3. The highest BCUT2D eigenvalue weighted by atomic mass is 16.5. The summed E-state index contributed by atoms with van der Waals surface area (Å²) < 4.78 is 5.50. The van der Waals surface area contributed by atoms with Crippen LogP contribution in [0.5, 0.6) is 0 Å². The van der Waals surface area contributed by atoms with E-state index in [4.69, 9.17) is 4.74 Å². The first-order valence-electron chi connectivity index (χ1n) is 38.4. The fourth-order valence-electron chi connectivity index (χ4n) is 12.0. The average molecular weight is 1190 g/mol. The predicted octanol–water partition coefficient (Wildman–Crippen LogP) is 25.2. The van der Waals surface area contributed by atoms with Crippen LogP contribution in [-0.4, -0.2) is 47.4 Å². The second kappa shape index (κ2) is 74.3. The van der Waals surface area contributed by atoms with Crippen molar-refractivity contribution < 1.29 is 24.5 Å². The topological polar surface area (TPSA) is 95.9 Å². The van der Waals surface area contributed by atoms with Crippen LogP contribution in [0.4, 0.5) is 0 Å². The third-order valence-corrected chi connectivity index (χ3v) is 17.8. The number of hydrogen-bond donors (Lipinski definition) is 3. The van der Waals surface area contributed by atoms with E-state index in [9.17, 15) is 19.8 Å². The van der Waals surface area contributed by atoms with Crippen LogP contribution in [0.3, 0.4) is 0 Å². The Hall–Kier alpha value is -2.18. The molecule has 0 aromatic heterocycles. The first-order valence-corrected chi connectivity index (χ1v) is 38.4. The monoisotopic (exact) mass is 1190 g/mol. The molecule has 2 unspecified atom stereocenters. The van der Waals surface area contributed by atoms with Crippen LogP contribution in [0.15, 0.2) is 48.6 Å². The SMILES string of the molecule is CCCCC/C=C\C/C=C\CCCCCCCCCC(=O)OCCCCCCCCCCCCCC/C=C\CCCCCCCCCCCCCCCCCCCC(=O)NC(CO)C(O)/C=C/CCCCCCCCCCCCCCCCCC. The van der Waals surface area contributed by atoms with Gasteiger partial charge >= 0.3 is 5.97 Å². The Balaban J connectivity index is 3.37. The van der Waals surface area contributed by atoms with Crippen molar-refractivity contribution in [1.29, 1.82) is 0 Å². The van der Waals surface area contributed by atoms with Gasteiger partial charge in [0.05, 0.1) is 25.4 Å². The van der Waals surface area contributed by atoms with E-state index in [1.807, 2.05) is 6.08 Å². The van der Waals surface area contributed by atoms with Gasteiger partial charge in [0.25, 0.3) is 0 Å². The molecule has 6 nitrogen and oxygen atoms in total. The maximum Gasteiger partial charge on any atom is 0.305 e. The summed E-state index contributed by atoms with van der Waals surface area (Å²) in [6, 6.07) is -0.626. The summed E-state index contributed by atoms with van der Waals surface area (Å²) in [5.74, 6) is -0.0507. The molecule has 0 heterocycles. The molecule has 0 bridgehead atoms. The van der Waals surface area contributed by atoms with Crippen molar-refractivity contribution in [2.75, 3.05) is 13.2 Å². The molecule has 6 heteroatoms. The zero-order valence-corrected chi connectivity index (χ0v) is 57.4. The molecule has 0 fully saturated rings. The van der Waals surface area contributed by atoms with Crippen LogP contribution in [-0.2, 0) is 14.3 Å². The van der Waals surface area contributed by atoms with Gasteiger partial charge in [0, 0.05) is 12.8 Å². The van der Waals surface area contributed by atoms with E-state index < -0.39 is 12.1 Å². The van der Waals surface area contributed by atoms with Gasteiger partial charge in [0.1, 0.15) is 0 Å². The lowest BCUT2D eigenvalue weighted by Gasteiger charge is -2.20. The molecular weight excluding hydrogens is 1040 g/mol. The molecule has 0 saturated carbocycles. The first kappa shape index (κ1) is 82.8. The van der Waals surface area contributed by atoms with Crippen molar-refractivity contribution in [2.24, 2.45) is 0 Å². The summed E-state index contributed by atoms with van der Waals surface area (Å²) in [6.07, 6.45) is 97.9. The molecule has 0 rings (SSSR count). The Kier molecular flexibility index (Phi) is 72.4. The molecule has 0 aliphatic rings. The number of carbonyl (C=O) groups is 2. The molecule has 0 aliphatic heterocycles. The van der Waals surface area contributed by atoms with Gasteiger partial charge in [-0.2, -0.15) is 0 Å². The number of carbonyl (C=O) groups excluding carboxylic acids is 2. The third-order valence-electron chi connectivity index (χ3n) is 17.8. The van der Waals surface area contributed by atoms with Crippen LogP contribution in [0.1, 0.15) is 418 Å². The summed E-state index contributed by atoms with van der Waals surface area (Å²) in [6.45, 7) is 4.91. The van der Waals surface area contributed by atoms with E-state index in [0.717, 1.165) is 51.4 Å². The molecule has 0 spiro atoms. The quantitative estimate of drug-likeness (QED) is 0.0320. The van der Waals surface area contributed by atoms with Crippen LogP contribution in [0, 0.1) is 0 Å². The molecule has 0 aliphatic carbocycles. The van der Waals surface area contributed by atoms with Gasteiger partial charge in [-0.25, -0.2) is 0 Å². The highest BCUT2D eigenvalue weighted by Gasteiger charge is 2.18. The molecule has 0 radical (unpaired) electrons. The van der Waals surface area contributed by atoms with Gasteiger partial charge in [-0.1, -0.05) is 364 Å². The largest absolute Gasteiger partial charge is 0.466 e. The van der Waals surface area contributed by atoms with Gasteiger partial charge in [0.15, 0.2) is 0 Å². The number of unbranched alkanes of at least 4 members (excludes halogenated alkanes) is 55. The van der Waals surface area contributed by atoms with Gasteiger partial charge in [0.2, 0.25) is 5.91 Å². The van der Waals surface area contributed by atoms with E-state index in [1.54, 1.807) is 6.08 Å². The summed E-state index contributed by atoms with van der Waals surface area (Å²) >= 11 is 0. The first-order chi connectivity index (χ1) is 42.0. The Morgan fingerprint density at radius 1 is 0.329 bits per heavy atom. The fourth-order valence-corrected chi connectivity index (χ4v) is 12.0. The number of nitrogens with one attached hydrogen (secondary N) is 1. The van der Waals surface area contributed by atoms with Crippen molar-refractivity contribution >= 4 is 11.9 Å². The van der Waals surface area contributed by atoms with Crippen molar-refractivity contribution in [3.63, 3.8) is 0 Å². The van der Waals surface area contributed by atoms with Crippen molar-refractivity contribution in [1.82, 2.24) is 5.32 Å². The summed E-state index contributed by atoms with van der Waals surface area (Å²) in [4.78, 5) is 24.6. The van der Waals surface area contributed by atoms with Gasteiger partial charge in [-0.05, 0) is 89.9 Å². The van der Waals surface area contributed by atoms with Crippen molar-refractivity contribution in [3.05, 3.63) is 48.6 Å². The van der Waals surface area contributed by atoms with E-state index in [1.165, 1.54) is 340 Å². The molecule has 3 N–H and O–H groups in total. The Morgan fingerprint density at radius 2 is 0.588 bits per heavy atom. The molecule has 0 aromatic carbocycles. The number of hydrogen-bond acceptors (Lipinski definition) is 5. The maximum atomic E-state index is 12.5. The van der Waals surface area contributed by atoms with Crippen molar-refractivity contribution in [3.8, 4) is 0 Å². The molecule has 1 amide bonds. The lowest BCUT2D eigenvalue weighted by Crippen LogP contribution is -2.45. The highest BCUT2D eigenvalue weighted by molar-refractivity contribution is 5.76. The number of aliphatic hydroxyl groups is 2. The van der Waals surface area contributed by atoms with Gasteiger partial charge in [-0.15, -0.1) is 0 Å². The van der Waals surface area contributed by atoms with Crippen LogP contribution >= 0.6 is 0 Å². The zero-order chi connectivity index (χ0) is 61.3. The minimum absolute atomic E-state index is 0.0110. The van der Waals surface area contributed by atoms with Crippen LogP contribution < -0.4 is 5.32 Å². The van der Waals surface area contributed by atoms with E-state index in [-0.39, 0.29) is 18.5 Å². The number of allylic oxidation sites excluding steroid dienone is 7. The number of ether oxygens (including phenoxy) is 1. The van der Waals surface area contributed by atoms with Crippen LogP contribution in [0.2, 0.25) is 0 Å². The maximum absolute atomic E-state index is 12.5. The van der Waals surface area contributed by atoms with E-state index >= 15 is 0 Å². The standard InChI is InChI=1S/C79H149NO5/c1-3-5-7-9-11-13-15-17-19-21-40-43-47-51-55-59-63-67-71-77(82)76(75-81)80-78(83)72-68-64-60-56-52-48-44-41-37-35-33-31-29-27-25-23-22-24-26-28-30-32-34-36-38-42-46-50-54-58-62-66-70-74-85-79(84)73-69-65-61-57-53-49-45-39-20-18-16-14-12-10-8-6-4-2/h12,14,18,20,26,28,67,71,76-77,81-82H,3-11,13,15-17,19,21-25,27,29-66,68-70,72-75H2,1-2H3,(H,80,83)/b14-12-,20-18-,28-26-,71-67+. The Morgan fingerprint density at radius 3 is 0.929 bits per heavy atom. The number of esters is 1. The second-order valence-electron chi connectivity index (χ2n) is 26.3. The zero-order valence-electron chi connectivity index (χ0n) is 57.4. The fraction of sp³-hybridized carbons (Fsp3) is 0.873. The summed E-state index contributed by atoms with van der Waals surface area (Å²) in [5, 5.41) is 23.2. The number of amides is 1. The lowest BCUT2D eigenvalue weighted by molar-refractivity contribution is -0.143. The average Bonchev–Trinajstić information content (AvgIpc) is 3.51. The van der Waals surface area contributed by atoms with E-state index in [0.29, 0.717) is 19.4 Å². The van der Waals surface area contributed by atoms with Gasteiger partial charge < -0.3 is 20.3 Å². The van der Waals surface area contributed by atoms with E-state index in [2.05, 4.69) is 55.6 Å².